The summed E-state index contributed by atoms with van der Waals surface area (Å²) in [6.45, 7) is 4.14. The molecule has 4 nitrogen and oxygen atoms in total. The van der Waals surface area contributed by atoms with Crippen molar-refractivity contribution >= 4 is 11.6 Å². The molecule has 1 heterocycles. The predicted octanol–water partition coefficient (Wildman–Crippen LogP) is 6.23. The van der Waals surface area contributed by atoms with Crippen LogP contribution in [0, 0.1) is 6.42 Å². The van der Waals surface area contributed by atoms with Gasteiger partial charge in [0.25, 0.3) is 0 Å². The summed E-state index contributed by atoms with van der Waals surface area (Å²) in [6.07, 6.45) is 20.0. The van der Waals surface area contributed by atoms with Crippen molar-refractivity contribution in [3.63, 3.8) is 0 Å². The number of rotatable bonds is 13. The third-order valence-electron chi connectivity index (χ3n) is 6.98. The smallest absolute Gasteiger partial charge is 0.683 e. The van der Waals surface area contributed by atoms with Crippen LogP contribution in [0.5, 0.6) is 0 Å². The van der Waals surface area contributed by atoms with Gasteiger partial charge in [0.15, 0.2) is 0 Å². The van der Waals surface area contributed by atoms with Crippen molar-refractivity contribution in [3.05, 3.63) is 77.0 Å². The van der Waals surface area contributed by atoms with E-state index in [1.165, 1.54) is 12.0 Å². The monoisotopic (exact) mass is 502 g/mol. The van der Waals surface area contributed by atoms with E-state index >= 15 is 0 Å². The van der Waals surface area contributed by atoms with Crippen molar-refractivity contribution in [2.45, 2.75) is 103 Å². The maximum atomic E-state index is 9.80. The number of halogens is 1. The normalized spacial score (nSPS) is 17.9. The number of nitrogens with one attached hydrogen (secondary N) is 1. The first-order valence-corrected chi connectivity index (χ1v) is 13.8. The van der Waals surface area contributed by atoms with Gasteiger partial charge in [-0.25, -0.2) is 0 Å². The molecule has 0 bridgehead atoms. The molecule has 0 aliphatic heterocycles. The number of aliphatic hydroxyl groups is 1. The van der Waals surface area contributed by atoms with Gasteiger partial charge in [-0.3, -0.25) is 0 Å². The van der Waals surface area contributed by atoms with Crippen molar-refractivity contribution in [1.29, 1.82) is 0 Å². The van der Waals surface area contributed by atoms with Crippen molar-refractivity contribution in [3.8, 4) is 11.3 Å². The average Bonchev–Trinajstić information content (AvgIpc) is 3.20. The Bertz CT molecular complexity index is 954. The Morgan fingerprint density at radius 1 is 1.19 bits per heavy atom. The predicted molar refractivity (Wildman–Crippen MR) is 148 cm³/mol. The van der Waals surface area contributed by atoms with Crippen LogP contribution in [0.15, 0.2) is 54.1 Å². The molecule has 6 heteroatoms. The van der Waals surface area contributed by atoms with Crippen LogP contribution >= 0.6 is 11.6 Å². The van der Waals surface area contributed by atoms with Crippen molar-refractivity contribution < 1.29 is 24.0 Å². The number of benzene rings is 1. The molecule has 3 atom stereocenters. The Balaban J connectivity index is 0.00000456. The second-order valence-electron chi connectivity index (χ2n) is 9.74. The fourth-order valence-electron chi connectivity index (χ4n) is 4.88. The van der Waals surface area contributed by atoms with Crippen LogP contribution in [0.3, 0.4) is 0 Å². The number of aliphatic hydroxyl groups excluding tert-OH is 1. The van der Waals surface area contributed by atoms with Gasteiger partial charge in [0.05, 0.1) is 17.5 Å². The number of nitrogens with zero attached hydrogens (tertiary/aromatic N) is 2. The first-order chi connectivity index (χ1) is 17.0. The zero-order chi connectivity index (χ0) is 25.0. The Morgan fingerprint density at radius 2 is 1.94 bits per heavy atom. The Hall–Kier alpha value is -1.28. The summed E-state index contributed by atoms with van der Waals surface area (Å²) < 4.78 is 1.83. The Morgan fingerprint density at radius 3 is 2.67 bits per heavy atom. The van der Waals surface area contributed by atoms with E-state index in [2.05, 4.69) is 31.2 Å². The molecule has 0 spiro atoms. The van der Waals surface area contributed by atoms with Crippen LogP contribution in [0.4, 0.5) is 0 Å². The summed E-state index contributed by atoms with van der Waals surface area (Å²) in [5.41, 5.74) is 13.1. The molecule has 2 aromatic rings. The molecule has 1 aromatic carbocycles. The molecule has 3 rings (SSSR count). The maximum absolute atomic E-state index is 9.80. The van der Waals surface area contributed by atoms with Crippen LogP contribution in [-0.4, -0.2) is 21.0 Å². The number of hydrogen-bond acceptors (Lipinski definition) is 2. The molecule has 1 aliphatic rings. The van der Waals surface area contributed by atoms with Crippen LogP contribution in [0.25, 0.3) is 17.0 Å². The van der Waals surface area contributed by atoms with E-state index in [0.29, 0.717) is 10.9 Å². The van der Waals surface area contributed by atoms with E-state index in [9.17, 15) is 5.11 Å². The van der Waals surface area contributed by atoms with Gasteiger partial charge >= 0.3 is 18.9 Å². The van der Waals surface area contributed by atoms with Gasteiger partial charge in [0.1, 0.15) is 0 Å². The van der Waals surface area contributed by atoms with Crippen LogP contribution in [0.1, 0.15) is 102 Å². The van der Waals surface area contributed by atoms with Gasteiger partial charge in [-0.1, -0.05) is 60.9 Å². The molecule has 1 aromatic heterocycles. The molecular formula is C30H42ClLiN3O-. The molecule has 192 valence electrons. The minimum absolute atomic E-state index is 0. The minimum Gasteiger partial charge on any atom is -0.683 e. The van der Waals surface area contributed by atoms with E-state index in [0.717, 1.165) is 81.2 Å². The Labute approximate surface area is 235 Å². The van der Waals surface area contributed by atoms with Crippen LogP contribution < -0.4 is 18.9 Å². The number of allylic oxidation sites excluding steroid dienone is 4. The summed E-state index contributed by atoms with van der Waals surface area (Å²) in [5.74, 6) is 0.392. The molecule has 0 fully saturated rings. The second kappa shape index (κ2) is 16.5. The molecule has 2 N–H and O–H groups in total. The summed E-state index contributed by atoms with van der Waals surface area (Å²) in [5, 5.41) is 15.4. The summed E-state index contributed by atoms with van der Waals surface area (Å²) in [7, 11) is 0. The fourth-order valence-corrected chi connectivity index (χ4v) is 5.00. The molecule has 2 unspecified atom stereocenters. The molecular weight excluding hydrogens is 461 g/mol. The molecule has 0 saturated carbocycles. The number of unbranched alkanes of at least 4 members (excludes halogenated alkanes) is 1. The van der Waals surface area contributed by atoms with Gasteiger partial charge in [0.2, 0.25) is 0 Å². The molecule has 0 amide bonds. The van der Waals surface area contributed by atoms with E-state index in [4.69, 9.17) is 22.4 Å². The topological polar surface area (TPSA) is 61.9 Å². The SMILES string of the molecule is C[CH-][C@H]([NH-])n1nc(C(CCC)CC/C=C/CCCC2=CCCC(O)CC2)cc1-c1ccc(Cl)cc1.[Li+]. The summed E-state index contributed by atoms with van der Waals surface area (Å²) >= 11 is 6.10. The van der Waals surface area contributed by atoms with Gasteiger partial charge in [0, 0.05) is 10.9 Å². The zero-order valence-electron chi connectivity index (χ0n) is 22.4. The van der Waals surface area contributed by atoms with Gasteiger partial charge in [-0.2, -0.15) is 18.2 Å². The van der Waals surface area contributed by atoms with E-state index < -0.39 is 6.17 Å². The van der Waals surface area contributed by atoms with Crippen molar-refractivity contribution in [2.24, 2.45) is 0 Å². The third-order valence-corrected chi connectivity index (χ3v) is 7.23. The molecule has 0 radical (unpaired) electrons. The largest absolute Gasteiger partial charge is 1.00 e. The van der Waals surface area contributed by atoms with Crippen molar-refractivity contribution in [2.75, 3.05) is 0 Å². The van der Waals surface area contributed by atoms with E-state index in [1.54, 1.807) is 0 Å². The maximum Gasteiger partial charge on any atom is 1.00 e. The van der Waals surface area contributed by atoms with Crippen molar-refractivity contribution in [1.82, 2.24) is 9.78 Å². The fraction of sp³-hybridized carbons (Fsp3) is 0.533. The Kier molecular flexibility index (Phi) is 14.2. The average molecular weight is 503 g/mol. The number of aromatic nitrogens is 2. The summed E-state index contributed by atoms with van der Waals surface area (Å²) in [4.78, 5) is 0. The quantitative estimate of drug-likeness (QED) is 0.153. The van der Waals surface area contributed by atoms with Gasteiger partial charge in [-0.05, 0) is 88.0 Å². The third kappa shape index (κ3) is 9.55. The molecule has 1 aliphatic carbocycles. The zero-order valence-corrected chi connectivity index (χ0v) is 23.2. The molecule has 36 heavy (non-hydrogen) atoms. The van der Waals surface area contributed by atoms with Gasteiger partial charge < -0.3 is 21.9 Å². The molecule has 0 saturated heterocycles. The minimum atomic E-state index is -0.511. The van der Waals surface area contributed by atoms with E-state index in [1.807, 2.05) is 42.3 Å². The number of hydrogen-bond donors (Lipinski definition) is 1. The first-order valence-electron chi connectivity index (χ1n) is 13.4. The van der Waals surface area contributed by atoms with Gasteiger partial charge in [-0.15, -0.1) is 0 Å². The van der Waals surface area contributed by atoms with Crippen LogP contribution in [0.2, 0.25) is 5.02 Å². The standard InChI is InChI=1S/C30H42ClN3O.Li/c1-3-11-24(14-9-7-5-6-8-12-23-13-10-15-27(35)21-16-23)28-22-29(34(33-28)30(32)4-2)25-17-19-26(31)20-18-25;/h4-5,7,13,17-20,22,24,27,30,32,35H,3,6,8-12,14-16,21H2,1-2H3;/q-2;+1/b7-5+;/t24?,27?,30-;/m1./s1. The second-order valence-corrected chi connectivity index (χ2v) is 10.2. The van der Waals surface area contributed by atoms with E-state index in [-0.39, 0.29) is 25.0 Å². The summed E-state index contributed by atoms with van der Waals surface area (Å²) in [6, 6.07) is 9.98. The van der Waals surface area contributed by atoms with Crippen LogP contribution in [-0.2, 0) is 0 Å². The first kappa shape index (κ1) is 30.9.